The van der Waals surface area contributed by atoms with Crippen LogP contribution in [0.2, 0.25) is 5.02 Å². The van der Waals surface area contributed by atoms with Gasteiger partial charge in [-0.25, -0.2) is 4.98 Å². The van der Waals surface area contributed by atoms with Crippen molar-refractivity contribution in [2.24, 2.45) is 0 Å². The maximum absolute atomic E-state index is 13.1. The van der Waals surface area contributed by atoms with Crippen molar-refractivity contribution in [2.75, 3.05) is 13.7 Å². The number of aromatic amines is 1. The van der Waals surface area contributed by atoms with Gasteiger partial charge in [-0.3, -0.25) is 9.59 Å². The molecule has 12 heteroatoms. The summed E-state index contributed by atoms with van der Waals surface area (Å²) in [5.41, 5.74) is 3.70. The number of esters is 1. The number of tetrazole rings is 1. The molecular formula is C29H28ClN7O4. The minimum atomic E-state index is -0.404. The highest BCUT2D eigenvalue weighted by molar-refractivity contribution is 6.30. The van der Waals surface area contributed by atoms with Crippen molar-refractivity contribution in [3.63, 3.8) is 0 Å². The van der Waals surface area contributed by atoms with Gasteiger partial charge in [0.1, 0.15) is 17.9 Å². The molecule has 1 atom stereocenters. The molecule has 11 nitrogen and oxygen atoms in total. The molecule has 2 bridgehead atoms. The van der Waals surface area contributed by atoms with Crippen molar-refractivity contribution in [1.82, 2.24) is 35.5 Å². The quantitative estimate of drug-likeness (QED) is 0.197. The third-order valence-electron chi connectivity index (χ3n) is 6.47. The lowest BCUT2D eigenvalue weighted by Crippen LogP contribution is -2.27. The van der Waals surface area contributed by atoms with Crippen LogP contribution in [-0.2, 0) is 20.7 Å². The molecule has 2 N–H and O–H groups in total. The average molecular weight is 574 g/mol. The van der Waals surface area contributed by atoms with E-state index >= 15 is 0 Å². The molecule has 2 aromatic carbocycles. The van der Waals surface area contributed by atoms with Crippen LogP contribution >= 0.6 is 11.6 Å². The summed E-state index contributed by atoms with van der Waals surface area (Å²) in [5, 5.41) is 14.9. The summed E-state index contributed by atoms with van der Waals surface area (Å²) in [4.78, 5) is 32.8. The maximum Gasteiger partial charge on any atom is 0.309 e. The molecule has 210 valence electrons. The summed E-state index contributed by atoms with van der Waals surface area (Å²) >= 11 is 6.20. The fraction of sp³-hybridized carbons (Fsp3) is 0.241. The SMILES string of the molecule is COC(=O)Cc1ccc2c(c1)OCCC/C=C\C[C@H](NC(=O)/C=C/c1cc(Cl)ccc1-n1cnnn1)c1ncc-2[nH]1. The van der Waals surface area contributed by atoms with E-state index in [-0.39, 0.29) is 18.3 Å². The molecule has 1 amide bonds. The zero-order valence-electron chi connectivity index (χ0n) is 22.3. The molecular weight excluding hydrogens is 546 g/mol. The van der Waals surface area contributed by atoms with E-state index in [1.54, 1.807) is 30.5 Å². The minimum absolute atomic E-state index is 0.151. The van der Waals surface area contributed by atoms with Crippen LogP contribution < -0.4 is 10.1 Å². The third kappa shape index (κ3) is 7.06. The summed E-state index contributed by atoms with van der Waals surface area (Å²) in [6.45, 7) is 0.515. The largest absolute Gasteiger partial charge is 0.493 e. The first-order chi connectivity index (χ1) is 20.0. The van der Waals surface area contributed by atoms with Crippen LogP contribution in [0.5, 0.6) is 5.75 Å². The van der Waals surface area contributed by atoms with E-state index in [4.69, 9.17) is 21.1 Å². The number of hydrogen-bond acceptors (Lipinski definition) is 8. The minimum Gasteiger partial charge on any atom is -0.493 e. The summed E-state index contributed by atoms with van der Waals surface area (Å²) in [7, 11) is 1.37. The third-order valence-corrected chi connectivity index (χ3v) is 6.70. The molecule has 0 saturated heterocycles. The highest BCUT2D eigenvalue weighted by Gasteiger charge is 2.19. The van der Waals surface area contributed by atoms with E-state index in [1.807, 2.05) is 24.3 Å². The van der Waals surface area contributed by atoms with E-state index < -0.39 is 6.04 Å². The van der Waals surface area contributed by atoms with Crippen LogP contribution in [0.3, 0.4) is 0 Å². The topological polar surface area (TPSA) is 137 Å². The molecule has 1 aliphatic heterocycles. The van der Waals surface area contributed by atoms with Gasteiger partial charge < -0.3 is 19.8 Å². The Morgan fingerprint density at radius 1 is 1.24 bits per heavy atom. The standard InChI is InChI=1S/C29H28ClN7O4/c1-40-28(39)15-19-7-10-22-24-17-31-29(34-24)23(6-4-2-3-5-13-41-26(22)14-19)33-27(38)12-8-20-16-21(30)9-11-25(20)37-18-32-35-36-37/h2,4,7-12,14,16-18,23H,3,5-6,13,15H2,1H3,(H,31,34)(H,33,38)/b4-2-,12-8+/t23-/m0/s1. The van der Waals surface area contributed by atoms with Gasteiger partial charge in [0.05, 0.1) is 43.8 Å². The van der Waals surface area contributed by atoms with Gasteiger partial charge in [-0.15, -0.1) is 5.10 Å². The number of nitrogens with one attached hydrogen (secondary N) is 2. The molecule has 2 aromatic heterocycles. The molecule has 4 aromatic rings. The zero-order valence-corrected chi connectivity index (χ0v) is 23.0. The second-order valence-corrected chi connectivity index (χ2v) is 9.75. The Morgan fingerprint density at radius 3 is 2.98 bits per heavy atom. The lowest BCUT2D eigenvalue weighted by atomic mass is 10.1. The molecule has 0 fully saturated rings. The van der Waals surface area contributed by atoms with Crippen molar-refractivity contribution in [1.29, 1.82) is 0 Å². The molecule has 0 spiro atoms. The Hall–Kier alpha value is -4.77. The molecule has 41 heavy (non-hydrogen) atoms. The Kier molecular flexibility index (Phi) is 8.85. The van der Waals surface area contributed by atoms with Crippen LogP contribution in [0.15, 0.2) is 67.2 Å². The Balaban J connectivity index is 1.38. The number of halogens is 1. The maximum atomic E-state index is 13.1. The van der Waals surface area contributed by atoms with Crippen LogP contribution in [0, 0.1) is 0 Å². The van der Waals surface area contributed by atoms with Crippen molar-refractivity contribution in [2.45, 2.75) is 31.7 Å². The number of rotatable bonds is 6. The lowest BCUT2D eigenvalue weighted by molar-refractivity contribution is -0.139. The first-order valence-corrected chi connectivity index (χ1v) is 13.4. The number of methoxy groups -OCH3 is 1. The van der Waals surface area contributed by atoms with Crippen LogP contribution in [0.1, 0.15) is 42.3 Å². The average Bonchev–Trinajstić information content (AvgIpc) is 3.68. The van der Waals surface area contributed by atoms with Gasteiger partial charge in [0.15, 0.2) is 0 Å². The van der Waals surface area contributed by atoms with Gasteiger partial charge in [-0.2, -0.15) is 4.68 Å². The number of aromatic nitrogens is 6. The number of H-pyrrole nitrogens is 1. The molecule has 0 aliphatic carbocycles. The number of nitrogens with zero attached hydrogens (tertiary/aromatic N) is 5. The summed E-state index contributed by atoms with van der Waals surface area (Å²) in [6.07, 6.45) is 12.7. The monoisotopic (exact) mass is 573 g/mol. The van der Waals surface area contributed by atoms with E-state index in [0.717, 1.165) is 29.7 Å². The van der Waals surface area contributed by atoms with Crippen molar-refractivity contribution >= 4 is 29.6 Å². The number of allylic oxidation sites excluding steroid dienone is 1. The molecule has 0 unspecified atom stereocenters. The van der Waals surface area contributed by atoms with E-state index in [2.05, 4.69) is 36.9 Å². The highest BCUT2D eigenvalue weighted by Crippen LogP contribution is 2.32. The lowest BCUT2D eigenvalue weighted by Gasteiger charge is -2.14. The smallest absolute Gasteiger partial charge is 0.309 e. The van der Waals surface area contributed by atoms with Crippen LogP contribution in [0.25, 0.3) is 23.0 Å². The van der Waals surface area contributed by atoms with Crippen molar-refractivity contribution in [3.05, 3.63) is 89.1 Å². The number of fused-ring (bicyclic) bond motifs is 4. The van der Waals surface area contributed by atoms with Crippen molar-refractivity contribution in [3.8, 4) is 22.7 Å². The van der Waals surface area contributed by atoms with Gasteiger partial charge >= 0.3 is 5.97 Å². The molecule has 5 rings (SSSR count). The first-order valence-electron chi connectivity index (χ1n) is 13.0. The Bertz CT molecular complexity index is 1580. The van der Waals surface area contributed by atoms with Gasteiger partial charge in [0.25, 0.3) is 0 Å². The fourth-order valence-corrected chi connectivity index (χ4v) is 4.59. The Morgan fingerprint density at radius 2 is 2.15 bits per heavy atom. The number of hydrogen-bond donors (Lipinski definition) is 2. The number of carbonyl (C=O) groups excluding carboxylic acids is 2. The summed E-state index contributed by atoms with van der Waals surface area (Å²) in [5.74, 6) is 0.628. The molecule has 0 saturated carbocycles. The number of benzene rings is 2. The van der Waals surface area contributed by atoms with Gasteiger partial charge in [0, 0.05) is 22.2 Å². The number of carbonyl (C=O) groups is 2. The summed E-state index contributed by atoms with van der Waals surface area (Å²) < 4.78 is 12.4. The molecule has 0 radical (unpaired) electrons. The van der Waals surface area contributed by atoms with Crippen LogP contribution in [-0.4, -0.2) is 55.8 Å². The van der Waals surface area contributed by atoms with Gasteiger partial charge in [-0.1, -0.05) is 29.8 Å². The molecule has 1 aliphatic rings. The zero-order chi connectivity index (χ0) is 28.6. The van der Waals surface area contributed by atoms with Crippen LogP contribution in [0.4, 0.5) is 0 Å². The van der Waals surface area contributed by atoms with E-state index in [9.17, 15) is 9.59 Å². The highest BCUT2D eigenvalue weighted by atomic mass is 35.5. The van der Waals surface area contributed by atoms with E-state index in [1.165, 1.54) is 24.2 Å². The van der Waals surface area contributed by atoms with Gasteiger partial charge in [-0.05, 0) is 71.7 Å². The fourth-order valence-electron chi connectivity index (χ4n) is 4.40. The number of imidazole rings is 1. The Labute approximate surface area is 241 Å². The number of amides is 1. The predicted molar refractivity (Wildman–Crippen MR) is 152 cm³/mol. The summed E-state index contributed by atoms with van der Waals surface area (Å²) in [6, 6.07) is 10.5. The number of ether oxygens (including phenoxy) is 2. The molecule has 3 heterocycles. The van der Waals surface area contributed by atoms with E-state index in [0.29, 0.717) is 40.9 Å². The van der Waals surface area contributed by atoms with Gasteiger partial charge in [0.2, 0.25) is 5.91 Å². The first kappa shape index (κ1) is 27.8. The van der Waals surface area contributed by atoms with Crippen molar-refractivity contribution < 1.29 is 19.1 Å². The second-order valence-electron chi connectivity index (χ2n) is 9.32. The normalized spacial score (nSPS) is 16.0. The second kappa shape index (κ2) is 13.1. The predicted octanol–water partition coefficient (Wildman–Crippen LogP) is 4.41.